The molecule has 1 aliphatic heterocycles. The number of hydrogen-bond acceptors (Lipinski definition) is 4. The van der Waals surface area contributed by atoms with Crippen molar-refractivity contribution in [2.45, 2.75) is 70.4 Å². The molecule has 2 amide bonds. The van der Waals surface area contributed by atoms with Crippen molar-refractivity contribution in [1.82, 2.24) is 9.80 Å². The first-order valence-corrected chi connectivity index (χ1v) is 13.5. The number of benzene rings is 2. The summed E-state index contributed by atoms with van der Waals surface area (Å²) in [6, 6.07) is 12.7. The van der Waals surface area contributed by atoms with Gasteiger partial charge in [-0.05, 0) is 61.1 Å². The van der Waals surface area contributed by atoms with E-state index < -0.39 is 6.04 Å². The molecule has 2 aromatic carbocycles. The maximum absolute atomic E-state index is 14.0. The van der Waals surface area contributed by atoms with E-state index in [2.05, 4.69) is 0 Å². The standard InChI is InChI=1S/C29H37ClN2O4/c1-3-18-36-25-15-12-22(19-26(25)35-2)28-29(34)32(24-8-6-4-5-7-9-24)20-27(33)31(28)17-16-21-10-13-23(30)14-11-21/h10-15,19,24,28H,3-9,16-18,20H2,1-2H3/t28-/m0/s1. The van der Waals surface area contributed by atoms with Crippen LogP contribution in [0.5, 0.6) is 11.5 Å². The highest BCUT2D eigenvalue weighted by molar-refractivity contribution is 6.30. The average Bonchev–Trinajstić information content (AvgIpc) is 3.18. The molecule has 7 heteroatoms. The van der Waals surface area contributed by atoms with E-state index in [1.54, 1.807) is 12.0 Å². The molecular weight excluding hydrogens is 476 g/mol. The van der Waals surface area contributed by atoms with Gasteiger partial charge in [-0.2, -0.15) is 0 Å². The normalized spacial score (nSPS) is 19.4. The van der Waals surface area contributed by atoms with E-state index >= 15 is 0 Å². The highest BCUT2D eigenvalue weighted by Gasteiger charge is 2.42. The summed E-state index contributed by atoms with van der Waals surface area (Å²) in [5, 5.41) is 0.678. The first-order valence-electron chi connectivity index (χ1n) is 13.2. The van der Waals surface area contributed by atoms with Crippen molar-refractivity contribution in [2.24, 2.45) is 0 Å². The molecule has 2 aliphatic rings. The second kappa shape index (κ2) is 12.5. The van der Waals surface area contributed by atoms with Crippen LogP contribution in [0.3, 0.4) is 0 Å². The zero-order valence-electron chi connectivity index (χ0n) is 21.4. The van der Waals surface area contributed by atoms with Crippen LogP contribution in [-0.4, -0.2) is 54.5 Å². The van der Waals surface area contributed by atoms with Crippen LogP contribution in [0.25, 0.3) is 0 Å². The third kappa shape index (κ3) is 6.15. The minimum Gasteiger partial charge on any atom is -0.493 e. The molecule has 0 spiro atoms. The van der Waals surface area contributed by atoms with Crippen molar-refractivity contribution in [3.63, 3.8) is 0 Å². The van der Waals surface area contributed by atoms with Gasteiger partial charge in [0.05, 0.1) is 13.7 Å². The van der Waals surface area contributed by atoms with Crippen LogP contribution in [0.1, 0.15) is 69.0 Å². The molecular formula is C29H37ClN2O4. The molecule has 1 heterocycles. The van der Waals surface area contributed by atoms with Crippen LogP contribution in [0.15, 0.2) is 42.5 Å². The zero-order valence-corrected chi connectivity index (χ0v) is 22.1. The Morgan fingerprint density at radius 2 is 1.69 bits per heavy atom. The highest BCUT2D eigenvalue weighted by atomic mass is 35.5. The lowest BCUT2D eigenvalue weighted by Gasteiger charge is -2.43. The lowest BCUT2D eigenvalue weighted by Crippen LogP contribution is -2.58. The van der Waals surface area contributed by atoms with Gasteiger partial charge in [0.25, 0.3) is 5.91 Å². The maximum Gasteiger partial charge on any atom is 0.250 e. The topological polar surface area (TPSA) is 59.1 Å². The molecule has 0 unspecified atom stereocenters. The van der Waals surface area contributed by atoms with E-state index in [0.29, 0.717) is 36.1 Å². The Morgan fingerprint density at radius 3 is 2.36 bits per heavy atom. The third-order valence-electron chi connectivity index (χ3n) is 7.24. The summed E-state index contributed by atoms with van der Waals surface area (Å²) in [6.45, 7) is 3.23. The van der Waals surface area contributed by atoms with Crippen molar-refractivity contribution >= 4 is 23.4 Å². The molecule has 4 rings (SSSR count). The van der Waals surface area contributed by atoms with Gasteiger partial charge in [0.15, 0.2) is 11.5 Å². The van der Waals surface area contributed by atoms with Crippen LogP contribution in [0, 0.1) is 0 Å². The van der Waals surface area contributed by atoms with Gasteiger partial charge in [-0.3, -0.25) is 9.59 Å². The lowest BCUT2D eigenvalue weighted by molar-refractivity contribution is -0.158. The molecule has 1 atom stereocenters. The Labute approximate surface area is 219 Å². The summed E-state index contributed by atoms with van der Waals surface area (Å²) in [6.07, 6.45) is 8.04. The number of nitrogens with zero attached hydrogens (tertiary/aromatic N) is 2. The van der Waals surface area contributed by atoms with E-state index in [0.717, 1.165) is 43.2 Å². The number of methoxy groups -OCH3 is 1. The lowest BCUT2D eigenvalue weighted by atomic mass is 9.96. The van der Waals surface area contributed by atoms with Gasteiger partial charge < -0.3 is 19.3 Å². The number of halogens is 1. The van der Waals surface area contributed by atoms with E-state index in [1.165, 1.54) is 12.8 Å². The number of amides is 2. The number of rotatable bonds is 9. The van der Waals surface area contributed by atoms with E-state index in [1.807, 2.05) is 54.3 Å². The van der Waals surface area contributed by atoms with Crippen molar-refractivity contribution in [2.75, 3.05) is 26.8 Å². The minimum absolute atomic E-state index is 0.00175. The molecule has 36 heavy (non-hydrogen) atoms. The first-order chi connectivity index (χ1) is 17.5. The van der Waals surface area contributed by atoms with Crippen molar-refractivity contribution in [3.8, 4) is 11.5 Å². The Balaban J connectivity index is 1.64. The van der Waals surface area contributed by atoms with Crippen molar-refractivity contribution < 1.29 is 19.1 Å². The summed E-state index contributed by atoms with van der Waals surface area (Å²) in [5.74, 6) is 1.21. The van der Waals surface area contributed by atoms with Crippen LogP contribution >= 0.6 is 11.6 Å². The predicted molar refractivity (Wildman–Crippen MR) is 142 cm³/mol. The van der Waals surface area contributed by atoms with Gasteiger partial charge in [0.2, 0.25) is 5.91 Å². The third-order valence-corrected chi connectivity index (χ3v) is 7.49. The number of piperazine rings is 1. The molecule has 0 bridgehead atoms. The van der Waals surface area contributed by atoms with Gasteiger partial charge in [0.1, 0.15) is 12.6 Å². The Morgan fingerprint density at radius 1 is 0.972 bits per heavy atom. The molecule has 0 radical (unpaired) electrons. The molecule has 1 saturated heterocycles. The molecule has 6 nitrogen and oxygen atoms in total. The molecule has 1 aliphatic carbocycles. The van der Waals surface area contributed by atoms with E-state index in [-0.39, 0.29) is 24.4 Å². The zero-order chi connectivity index (χ0) is 25.5. The first kappa shape index (κ1) is 26.3. The van der Waals surface area contributed by atoms with E-state index in [9.17, 15) is 9.59 Å². The molecule has 194 valence electrons. The minimum atomic E-state index is -0.684. The smallest absolute Gasteiger partial charge is 0.250 e. The summed E-state index contributed by atoms with van der Waals surface area (Å²) in [5.41, 5.74) is 1.83. The largest absolute Gasteiger partial charge is 0.493 e. The summed E-state index contributed by atoms with van der Waals surface area (Å²) in [4.78, 5) is 31.2. The Bertz CT molecular complexity index is 1030. The van der Waals surface area contributed by atoms with E-state index in [4.69, 9.17) is 21.1 Å². The monoisotopic (exact) mass is 512 g/mol. The fraction of sp³-hybridized carbons (Fsp3) is 0.517. The fourth-order valence-corrected chi connectivity index (χ4v) is 5.42. The Hall–Kier alpha value is -2.73. The number of carbonyl (C=O) groups excluding carboxylic acids is 2. The van der Waals surface area contributed by atoms with Crippen molar-refractivity contribution in [3.05, 3.63) is 58.6 Å². The van der Waals surface area contributed by atoms with Crippen LogP contribution < -0.4 is 9.47 Å². The quantitative estimate of drug-likeness (QED) is 0.397. The maximum atomic E-state index is 14.0. The summed E-state index contributed by atoms with van der Waals surface area (Å²) >= 11 is 6.04. The van der Waals surface area contributed by atoms with Gasteiger partial charge >= 0.3 is 0 Å². The van der Waals surface area contributed by atoms with Gasteiger partial charge in [-0.25, -0.2) is 0 Å². The number of ether oxygens (including phenoxy) is 2. The summed E-state index contributed by atoms with van der Waals surface area (Å²) < 4.78 is 11.4. The highest BCUT2D eigenvalue weighted by Crippen LogP contribution is 2.36. The summed E-state index contributed by atoms with van der Waals surface area (Å²) in [7, 11) is 1.60. The number of hydrogen-bond donors (Lipinski definition) is 0. The van der Waals surface area contributed by atoms with Gasteiger partial charge in [-0.1, -0.05) is 62.4 Å². The molecule has 2 fully saturated rings. The van der Waals surface area contributed by atoms with Crippen LogP contribution in [0.2, 0.25) is 5.02 Å². The number of carbonyl (C=O) groups is 2. The molecule has 0 N–H and O–H groups in total. The fourth-order valence-electron chi connectivity index (χ4n) is 5.29. The predicted octanol–water partition coefficient (Wildman–Crippen LogP) is 5.81. The second-order valence-corrected chi connectivity index (χ2v) is 10.2. The van der Waals surface area contributed by atoms with Gasteiger partial charge in [-0.15, -0.1) is 0 Å². The SMILES string of the molecule is CCCOc1ccc([C@H]2C(=O)N(C3CCCCCC3)CC(=O)N2CCc2ccc(Cl)cc2)cc1OC. The second-order valence-electron chi connectivity index (χ2n) is 9.74. The van der Waals surface area contributed by atoms with Gasteiger partial charge in [0, 0.05) is 17.6 Å². The Kier molecular flexibility index (Phi) is 9.13. The van der Waals surface area contributed by atoms with Crippen LogP contribution in [0.4, 0.5) is 0 Å². The molecule has 2 aromatic rings. The average molecular weight is 513 g/mol. The molecule has 1 saturated carbocycles. The van der Waals surface area contributed by atoms with Crippen molar-refractivity contribution in [1.29, 1.82) is 0 Å². The molecule has 0 aromatic heterocycles. The van der Waals surface area contributed by atoms with Crippen LogP contribution in [-0.2, 0) is 16.0 Å².